The van der Waals surface area contributed by atoms with E-state index >= 15 is 0 Å². The van der Waals surface area contributed by atoms with Crippen LogP contribution in [-0.4, -0.2) is 60.0 Å². The number of fused-ring (bicyclic) bond motifs is 1. The molecular weight excluding hydrogens is 320 g/mol. The fraction of sp³-hybridized carbons (Fsp3) is 0.611. The maximum Gasteiger partial charge on any atom is 0.0593 e. The van der Waals surface area contributed by atoms with E-state index in [4.69, 9.17) is 4.74 Å². The van der Waals surface area contributed by atoms with E-state index in [-0.39, 0.29) is 0 Å². The molecule has 5 nitrogen and oxygen atoms in total. The zero-order chi connectivity index (χ0) is 16.9. The smallest absolute Gasteiger partial charge is 0.0593 e. The predicted octanol–water partition coefficient (Wildman–Crippen LogP) is 2.46. The van der Waals surface area contributed by atoms with Crippen molar-refractivity contribution in [1.29, 1.82) is 0 Å². The Morgan fingerprint density at radius 2 is 2.17 bits per heavy atom. The molecule has 1 atom stereocenters. The van der Waals surface area contributed by atoms with Crippen molar-refractivity contribution in [3.63, 3.8) is 0 Å². The molecule has 1 aliphatic heterocycles. The largest absolute Gasteiger partial charge is 0.380 e. The van der Waals surface area contributed by atoms with Crippen molar-refractivity contribution >= 4 is 11.3 Å². The normalized spacial score (nSPS) is 18.8. The van der Waals surface area contributed by atoms with Crippen LogP contribution < -0.4 is 0 Å². The number of ether oxygens (including phenoxy) is 1. The van der Waals surface area contributed by atoms with Crippen LogP contribution in [0.4, 0.5) is 0 Å². The van der Waals surface area contributed by atoms with E-state index < -0.39 is 0 Å². The third-order valence-electron chi connectivity index (χ3n) is 4.35. The summed E-state index contributed by atoms with van der Waals surface area (Å²) in [6, 6.07) is 6.61. The Kier molecular flexibility index (Phi) is 6.05. The van der Waals surface area contributed by atoms with Gasteiger partial charge in [0.15, 0.2) is 0 Å². The summed E-state index contributed by atoms with van der Waals surface area (Å²) in [4.78, 5) is 7.51. The Balaban J connectivity index is 1.61. The van der Waals surface area contributed by atoms with Gasteiger partial charge in [0.05, 0.1) is 18.9 Å². The number of aryl methyl sites for hydroxylation is 1. The fourth-order valence-corrected chi connectivity index (χ4v) is 4.07. The molecule has 2 aromatic rings. The van der Waals surface area contributed by atoms with E-state index in [0.717, 1.165) is 45.9 Å². The van der Waals surface area contributed by atoms with E-state index in [2.05, 4.69) is 58.8 Å². The van der Waals surface area contributed by atoms with Crippen LogP contribution in [0, 0.1) is 12.8 Å². The molecular formula is C18H28N4OS. The number of nitrogens with zero attached hydrogens (tertiary/aromatic N) is 4. The third-order valence-corrected chi connectivity index (χ3v) is 5.33. The van der Waals surface area contributed by atoms with Gasteiger partial charge < -0.3 is 9.64 Å². The molecule has 0 fully saturated rings. The first-order chi connectivity index (χ1) is 11.6. The number of likely N-dealkylation sites (N-methyl/N-ethyl adjacent to an activating group) is 1. The van der Waals surface area contributed by atoms with Crippen LogP contribution >= 0.6 is 11.3 Å². The number of hydrogen-bond donors (Lipinski definition) is 0. The molecule has 24 heavy (non-hydrogen) atoms. The molecule has 3 rings (SSSR count). The summed E-state index contributed by atoms with van der Waals surface area (Å²) >= 11 is 1.90. The standard InChI is InChI=1S/C18H28N4OS/c1-15-4-5-18(24-15)13-21-10-16(14-23-9-8-20(2)3)11-22-17(12-21)6-7-19-22/h4-7,16H,8-14H2,1-3H3/t16-/m0/s1. The van der Waals surface area contributed by atoms with Crippen LogP contribution in [0.1, 0.15) is 15.4 Å². The van der Waals surface area contributed by atoms with Crippen LogP contribution in [0.15, 0.2) is 24.4 Å². The summed E-state index contributed by atoms with van der Waals surface area (Å²) in [5.74, 6) is 0.481. The molecule has 0 N–H and O–H groups in total. The first-order valence-electron chi connectivity index (χ1n) is 8.61. The lowest BCUT2D eigenvalue weighted by atomic mass is 10.1. The third kappa shape index (κ3) is 4.89. The molecule has 0 unspecified atom stereocenters. The Bertz CT molecular complexity index is 637. The molecule has 6 heteroatoms. The Morgan fingerprint density at radius 3 is 2.92 bits per heavy atom. The molecule has 3 heterocycles. The fourth-order valence-electron chi connectivity index (χ4n) is 3.13. The zero-order valence-corrected chi connectivity index (χ0v) is 15.8. The quantitative estimate of drug-likeness (QED) is 0.720. The highest BCUT2D eigenvalue weighted by Crippen LogP contribution is 2.22. The Morgan fingerprint density at radius 1 is 1.29 bits per heavy atom. The van der Waals surface area contributed by atoms with Crippen LogP contribution in [-0.2, 0) is 24.4 Å². The minimum atomic E-state index is 0.481. The molecule has 1 aliphatic rings. The van der Waals surface area contributed by atoms with Crippen LogP contribution in [0.5, 0.6) is 0 Å². The topological polar surface area (TPSA) is 33.5 Å². The highest BCUT2D eigenvalue weighted by Gasteiger charge is 2.23. The maximum atomic E-state index is 5.93. The van der Waals surface area contributed by atoms with Gasteiger partial charge in [0.2, 0.25) is 0 Å². The van der Waals surface area contributed by atoms with Gasteiger partial charge in [-0.15, -0.1) is 11.3 Å². The van der Waals surface area contributed by atoms with E-state index in [1.165, 1.54) is 15.4 Å². The molecule has 0 aliphatic carbocycles. The van der Waals surface area contributed by atoms with Gasteiger partial charge in [0.25, 0.3) is 0 Å². The lowest BCUT2D eigenvalue weighted by Crippen LogP contribution is -2.30. The summed E-state index contributed by atoms with van der Waals surface area (Å²) < 4.78 is 8.08. The van der Waals surface area contributed by atoms with Crippen molar-refractivity contribution in [1.82, 2.24) is 19.6 Å². The second-order valence-electron chi connectivity index (χ2n) is 6.93. The molecule has 0 radical (unpaired) electrons. The van der Waals surface area contributed by atoms with E-state index in [1.807, 2.05) is 17.5 Å². The summed E-state index contributed by atoms with van der Waals surface area (Å²) in [5, 5.41) is 4.50. The van der Waals surface area contributed by atoms with Crippen molar-refractivity contribution in [3.8, 4) is 0 Å². The lowest BCUT2D eigenvalue weighted by Gasteiger charge is -2.23. The van der Waals surface area contributed by atoms with Crippen LogP contribution in [0.3, 0.4) is 0 Å². The zero-order valence-electron chi connectivity index (χ0n) is 14.9. The minimum Gasteiger partial charge on any atom is -0.380 e. The van der Waals surface area contributed by atoms with Crippen LogP contribution in [0.25, 0.3) is 0 Å². The van der Waals surface area contributed by atoms with Gasteiger partial charge in [-0.25, -0.2) is 0 Å². The number of aromatic nitrogens is 2. The van der Waals surface area contributed by atoms with E-state index in [9.17, 15) is 0 Å². The van der Waals surface area contributed by atoms with Gasteiger partial charge >= 0.3 is 0 Å². The average Bonchev–Trinajstić information content (AvgIpc) is 3.09. The summed E-state index contributed by atoms with van der Waals surface area (Å²) in [6.07, 6.45) is 1.91. The number of hydrogen-bond acceptors (Lipinski definition) is 5. The Hall–Kier alpha value is -1.21. The summed E-state index contributed by atoms with van der Waals surface area (Å²) in [7, 11) is 4.16. The van der Waals surface area contributed by atoms with Crippen molar-refractivity contribution in [2.75, 3.05) is 40.4 Å². The highest BCUT2D eigenvalue weighted by atomic mass is 32.1. The average molecular weight is 349 g/mol. The SMILES string of the molecule is Cc1ccc(CN2Cc3ccnn3C[C@@H](COCCN(C)C)C2)s1. The monoisotopic (exact) mass is 348 g/mol. The van der Waals surface area contributed by atoms with Gasteiger partial charge in [-0.05, 0) is 39.2 Å². The van der Waals surface area contributed by atoms with E-state index in [1.54, 1.807) is 0 Å². The van der Waals surface area contributed by atoms with Crippen molar-refractivity contribution in [3.05, 3.63) is 39.8 Å². The van der Waals surface area contributed by atoms with Crippen molar-refractivity contribution in [2.45, 2.75) is 26.6 Å². The van der Waals surface area contributed by atoms with Gasteiger partial charge in [-0.1, -0.05) is 0 Å². The molecule has 0 saturated carbocycles. The first-order valence-corrected chi connectivity index (χ1v) is 9.42. The molecule has 0 spiro atoms. The molecule has 132 valence electrons. The number of rotatable bonds is 7. The maximum absolute atomic E-state index is 5.93. The summed E-state index contributed by atoms with van der Waals surface area (Å²) in [5.41, 5.74) is 1.30. The van der Waals surface area contributed by atoms with Gasteiger partial charge in [0.1, 0.15) is 0 Å². The summed E-state index contributed by atoms with van der Waals surface area (Å²) in [6.45, 7) is 8.72. The molecule has 0 saturated heterocycles. The van der Waals surface area contributed by atoms with E-state index in [0.29, 0.717) is 5.92 Å². The van der Waals surface area contributed by atoms with Crippen molar-refractivity contribution in [2.24, 2.45) is 5.92 Å². The minimum absolute atomic E-state index is 0.481. The molecule has 0 amide bonds. The second kappa shape index (κ2) is 8.25. The molecule has 0 aromatic carbocycles. The molecule has 0 bridgehead atoms. The van der Waals surface area contributed by atoms with Crippen molar-refractivity contribution < 1.29 is 4.74 Å². The van der Waals surface area contributed by atoms with Gasteiger partial charge in [0, 0.05) is 54.6 Å². The first kappa shape index (κ1) is 17.6. The van der Waals surface area contributed by atoms with Crippen LogP contribution in [0.2, 0.25) is 0 Å². The highest BCUT2D eigenvalue weighted by molar-refractivity contribution is 7.11. The van der Waals surface area contributed by atoms with Gasteiger partial charge in [-0.3, -0.25) is 9.58 Å². The predicted molar refractivity (Wildman–Crippen MR) is 98.3 cm³/mol. The lowest BCUT2D eigenvalue weighted by molar-refractivity contribution is 0.0674. The molecule has 2 aromatic heterocycles. The Labute approximate surface area is 148 Å². The van der Waals surface area contributed by atoms with Gasteiger partial charge in [-0.2, -0.15) is 5.10 Å². The second-order valence-corrected chi connectivity index (χ2v) is 8.30. The number of thiophene rings is 1.